The SMILES string of the molecule is COc1cnc2c(N(C)C)c(C(=O)[NH2+]C3CCOc4ccccc43)cnc2c1-c1cc(F)cc(F)c1F. The fourth-order valence-corrected chi connectivity index (χ4v) is 4.70. The van der Waals surface area contributed by atoms with E-state index in [1.807, 2.05) is 24.3 Å². The minimum atomic E-state index is -1.34. The second-order valence-corrected chi connectivity index (χ2v) is 8.88. The lowest BCUT2D eigenvalue weighted by atomic mass is 9.99. The van der Waals surface area contributed by atoms with Crippen LogP contribution in [0.3, 0.4) is 0 Å². The summed E-state index contributed by atoms with van der Waals surface area (Å²) in [5.41, 5.74) is 1.73. The molecule has 1 aliphatic rings. The molecule has 2 aromatic heterocycles. The molecule has 1 atom stereocenters. The summed E-state index contributed by atoms with van der Waals surface area (Å²) >= 11 is 0. The predicted molar refractivity (Wildman–Crippen MR) is 131 cm³/mol. The van der Waals surface area contributed by atoms with E-state index in [-0.39, 0.29) is 45.4 Å². The van der Waals surface area contributed by atoms with Gasteiger partial charge in [0, 0.05) is 38.3 Å². The molecule has 10 heteroatoms. The van der Waals surface area contributed by atoms with E-state index in [9.17, 15) is 18.0 Å². The molecule has 37 heavy (non-hydrogen) atoms. The topological polar surface area (TPSA) is 81.2 Å². The van der Waals surface area contributed by atoms with Crippen LogP contribution in [0.4, 0.5) is 18.9 Å². The van der Waals surface area contributed by atoms with Gasteiger partial charge < -0.3 is 14.4 Å². The fourth-order valence-electron chi connectivity index (χ4n) is 4.70. The van der Waals surface area contributed by atoms with Crippen LogP contribution in [0.5, 0.6) is 11.5 Å². The zero-order valence-corrected chi connectivity index (χ0v) is 20.4. The van der Waals surface area contributed by atoms with E-state index in [4.69, 9.17) is 9.47 Å². The molecule has 1 amide bonds. The van der Waals surface area contributed by atoms with Gasteiger partial charge in [-0.1, -0.05) is 12.1 Å². The molecule has 0 aliphatic carbocycles. The number of nitrogens with zero attached hydrogens (tertiary/aromatic N) is 3. The summed E-state index contributed by atoms with van der Waals surface area (Å²) in [5, 5.41) is 1.64. The summed E-state index contributed by atoms with van der Waals surface area (Å²) in [5.74, 6) is -2.97. The first-order valence-corrected chi connectivity index (χ1v) is 11.6. The molecule has 1 unspecified atom stereocenters. The molecule has 2 N–H and O–H groups in total. The van der Waals surface area contributed by atoms with Gasteiger partial charge in [-0.3, -0.25) is 10.3 Å². The number of carbonyl (C=O) groups is 1. The van der Waals surface area contributed by atoms with Crippen molar-refractivity contribution >= 4 is 22.6 Å². The van der Waals surface area contributed by atoms with Crippen LogP contribution in [0, 0.1) is 17.5 Å². The van der Waals surface area contributed by atoms with Gasteiger partial charge in [-0.25, -0.2) is 22.9 Å². The highest BCUT2D eigenvalue weighted by Gasteiger charge is 2.31. The van der Waals surface area contributed by atoms with Crippen molar-refractivity contribution in [3.63, 3.8) is 0 Å². The molecule has 0 saturated heterocycles. The molecule has 1 aliphatic heterocycles. The van der Waals surface area contributed by atoms with Gasteiger partial charge in [0.25, 0.3) is 0 Å². The first kappa shape index (κ1) is 24.5. The Morgan fingerprint density at radius 1 is 1.11 bits per heavy atom. The van der Waals surface area contributed by atoms with Gasteiger partial charge in [0.05, 0.1) is 36.7 Å². The number of pyridine rings is 2. The molecule has 4 aromatic rings. The molecular weight excluding hydrogens is 485 g/mol. The van der Waals surface area contributed by atoms with Gasteiger partial charge in [0.15, 0.2) is 11.6 Å². The van der Waals surface area contributed by atoms with E-state index >= 15 is 0 Å². The molecule has 5 rings (SSSR count). The minimum Gasteiger partial charge on any atom is -0.494 e. The van der Waals surface area contributed by atoms with Gasteiger partial charge in [0.1, 0.15) is 40.0 Å². The van der Waals surface area contributed by atoms with Crippen molar-refractivity contribution < 1.29 is 32.8 Å². The smallest absolute Gasteiger partial charge is 0.346 e. The zero-order chi connectivity index (χ0) is 26.3. The number of benzene rings is 2. The molecule has 190 valence electrons. The Morgan fingerprint density at radius 3 is 2.62 bits per heavy atom. The van der Waals surface area contributed by atoms with Gasteiger partial charge in [-0.05, 0) is 18.2 Å². The summed E-state index contributed by atoms with van der Waals surface area (Å²) in [6.45, 7) is 0.489. The monoisotopic (exact) mass is 509 g/mol. The molecule has 0 fully saturated rings. The van der Waals surface area contributed by atoms with Gasteiger partial charge in [-0.2, -0.15) is 0 Å². The normalized spacial score (nSPS) is 14.7. The Hall–Kier alpha value is -4.18. The lowest BCUT2D eigenvalue weighted by molar-refractivity contribution is -0.603. The fraction of sp³-hybridized carbons (Fsp3) is 0.222. The highest BCUT2D eigenvalue weighted by atomic mass is 19.2. The van der Waals surface area contributed by atoms with Crippen LogP contribution in [0.15, 0.2) is 48.8 Å². The van der Waals surface area contributed by atoms with Crippen molar-refractivity contribution in [3.05, 3.63) is 77.4 Å². The van der Waals surface area contributed by atoms with E-state index in [0.29, 0.717) is 24.8 Å². The zero-order valence-electron chi connectivity index (χ0n) is 20.4. The minimum absolute atomic E-state index is 0.0350. The van der Waals surface area contributed by atoms with Crippen LogP contribution in [0.1, 0.15) is 28.4 Å². The number of fused-ring (bicyclic) bond motifs is 2. The first-order chi connectivity index (χ1) is 17.8. The van der Waals surface area contributed by atoms with E-state index in [2.05, 4.69) is 9.97 Å². The van der Waals surface area contributed by atoms with Crippen LogP contribution in [0.2, 0.25) is 0 Å². The molecule has 7 nitrogen and oxygen atoms in total. The Morgan fingerprint density at radius 2 is 1.86 bits per heavy atom. The number of quaternary nitrogens is 1. The molecule has 0 saturated carbocycles. The van der Waals surface area contributed by atoms with Crippen molar-refractivity contribution in [1.29, 1.82) is 0 Å². The van der Waals surface area contributed by atoms with Crippen LogP contribution in [-0.4, -0.2) is 43.7 Å². The van der Waals surface area contributed by atoms with Gasteiger partial charge in [0.2, 0.25) is 0 Å². The van der Waals surface area contributed by atoms with E-state index in [0.717, 1.165) is 17.4 Å². The third-order valence-corrected chi connectivity index (χ3v) is 6.37. The predicted octanol–water partition coefficient (Wildman–Crippen LogP) is 4.02. The van der Waals surface area contributed by atoms with Crippen LogP contribution < -0.4 is 19.7 Å². The van der Waals surface area contributed by atoms with Gasteiger partial charge in [-0.15, -0.1) is 0 Å². The Bertz CT molecular complexity index is 1530. The van der Waals surface area contributed by atoms with Crippen molar-refractivity contribution in [2.45, 2.75) is 12.5 Å². The number of carbonyl (C=O) groups excluding carboxylic acids is 1. The number of rotatable bonds is 5. The third kappa shape index (κ3) is 4.33. The molecule has 0 radical (unpaired) electrons. The molecule has 0 spiro atoms. The van der Waals surface area contributed by atoms with E-state index in [1.165, 1.54) is 19.5 Å². The maximum atomic E-state index is 14.8. The molecule has 2 aromatic carbocycles. The number of anilines is 1. The average molecular weight is 510 g/mol. The third-order valence-electron chi connectivity index (χ3n) is 6.37. The summed E-state index contributed by atoms with van der Waals surface area (Å²) in [7, 11) is 4.82. The number of primary amides is 1. The van der Waals surface area contributed by atoms with Crippen molar-refractivity contribution in [3.8, 4) is 22.6 Å². The maximum Gasteiger partial charge on any atom is 0.346 e. The Kier molecular flexibility index (Phi) is 6.43. The quantitative estimate of drug-likeness (QED) is 0.410. The number of aromatic nitrogens is 2. The number of hydrogen-bond donors (Lipinski definition) is 1. The van der Waals surface area contributed by atoms with Crippen molar-refractivity contribution in [2.75, 3.05) is 32.7 Å². The lowest BCUT2D eigenvalue weighted by Gasteiger charge is -2.24. The summed E-state index contributed by atoms with van der Waals surface area (Å²) in [6, 6.07) is 8.78. The first-order valence-electron chi connectivity index (χ1n) is 11.6. The van der Waals surface area contributed by atoms with Crippen molar-refractivity contribution in [1.82, 2.24) is 9.97 Å². The number of nitrogens with two attached hydrogens (primary N) is 1. The number of methoxy groups -OCH3 is 1. The second-order valence-electron chi connectivity index (χ2n) is 8.88. The highest BCUT2D eigenvalue weighted by molar-refractivity contribution is 6.07. The molecular formula is C27H24F3N4O3+. The number of hydrogen-bond acceptors (Lipinski definition) is 6. The van der Waals surface area contributed by atoms with Crippen molar-refractivity contribution in [2.24, 2.45) is 0 Å². The van der Waals surface area contributed by atoms with E-state index in [1.54, 1.807) is 24.3 Å². The average Bonchev–Trinajstić information content (AvgIpc) is 2.89. The van der Waals surface area contributed by atoms with Crippen LogP contribution >= 0.6 is 0 Å². The second kappa shape index (κ2) is 9.70. The van der Waals surface area contributed by atoms with Crippen LogP contribution in [0.25, 0.3) is 22.2 Å². The Balaban J connectivity index is 1.65. The highest BCUT2D eigenvalue weighted by Crippen LogP contribution is 2.40. The molecule has 0 bridgehead atoms. The largest absolute Gasteiger partial charge is 0.494 e. The van der Waals surface area contributed by atoms with Gasteiger partial charge >= 0.3 is 5.91 Å². The number of halogens is 3. The van der Waals surface area contributed by atoms with Crippen LogP contribution in [-0.2, 0) is 0 Å². The number of ether oxygens (including phenoxy) is 2. The summed E-state index contributed by atoms with van der Waals surface area (Å²) in [4.78, 5) is 24.1. The maximum absolute atomic E-state index is 14.8. The lowest BCUT2D eigenvalue weighted by Crippen LogP contribution is -2.89. The van der Waals surface area contributed by atoms with E-state index < -0.39 is 17.5 Å². The summed E-state index contributed by atoms with van der Waals surface area (Å²) < 4.78 is 54.1. The molecule has 3 heterocycles. The number of amides is 1. The Labute approximate surface area is 210 Å². The standard InChI is InChI=1S/C27H23F3N4O3/c1-34(2)26-17(27(35)33-19-8-9-37-20-7-5-4-6-15(19)20)12-31-24-22(21(36-3)13-32-25(24)26)16-10-14(28)11-18(29)23(16)30/h4-7,10-13,19H,8-9H2,1-3H3,(H,33,35)/p+1. The summed E-state index contributed by atoms with van der Waals surface area (Å²) in [6.07, 6.45) is 3.34. The number of para-hydroxylation sites is 1.